The molecule has 0 aliphatic heterocycles. The number of hydrogen-bond acceptors (Lipinski definition) is 4. The number of hydrogen-bond donors (Lipinski definition) is 2. The number of nitrogen functional groups attached to an aromatic ring is 1. The highest BCUT2D eigenvalue weighted by atomic mass is 32.2. The van der Waals surface area contributed by atoms with Crippen LogP contribution in [0.3, 0.4) is 0 Å². The summed E-state index contributed by atoms with van der Waals surface area (Å²) in [6, 6.07) is 3.72. The number of fused-ring (bicyclic) bond motifs is 1. The first-order valence-electron chi connectivity index (χ1n) is 3.76. The second-order valence-electron chi connectivity index (χ2n) is 2.68. The Hall–Kier alpha value is -0.870. The van der Waals surface area contributed by atoms with Gasteiger partial charge in [0.2, 0.25) is 0 Å². The third kappa shape index (κ3) is 1.26. The maximum atomic E-state index is 9.61. The molecule has 3 N–H and O–H groups in total. The van der Waals surface area contributed by atoms with E-state index < -0.39 is 0 Å². The van der Waals surface area contributed by atoms with Gasteiger partial charge in [-0.2, -0.15) is 0 Å². The van der Waals surface area contributed by atoms with Crippen LogP contribution in [0.4, 0.5) is 5.69 Å². The molecule has 2 rings (SSSR count). The van der Waals surface area contributed by atoms with Crippen LogP contribution in [0.1, 0.15) is 0 Å². The number of rotatable bonds is 1. The van der Waals surface area contributed by atoms with Gasteiger partial charge in [-0.1, -0.05) is 0 Å². The molecule has 2 nitrogen and oxygen atoms in total. The van der Waals surface area contributed by atoms with Gasteiger partial charge < -0.3 is 10.8 Å². The molecule has 0 atom stereocenters. The van der Waals surface area contributed by atoms with Gasteiger partial charge in [0.05, 0.1) is 15.3 Å². The Balaban J connectivity index is 2.85. The van der Waals surface area contributed by atoms with Crippen LogP contribution in [-0.4, -0.2) is 11.4 Å². The Kier molecular flexibility index (Phi) is 2.09. The van der Waals surface area contributed by atoms with Crippen LogP contribution in [0, 0.1) is 0 Å². The Morgan fingerprint density at radius 3 is 3.00 bits per heavy atom. The summed E-state index contributed by atoms with van der Waals surface area (Å²) < 4.78 is 1.06. The third-order valence-corrected chi connectivity index (χ3v) is 3.71. The van der Waals surface area contributed by atoms with Gasteiger partial charge in [-0.25, -0.2) is 0 Å². The predicted molar refractivity (Wildman–Crippen MR) is 59.7 cm³/mol. The zero-order chi connectivity index (χ0) is 9.42. The molecule has 0 unspecified atom stereocenters. The highest BCUT2D eigenvalue weighted by molar-refractivity contribution is 7.98. The molecule has 2 aromatic rings. The van der Waals surface area contributed by atoms with Crippen molar-refractivity contribution in [2.75, 3.05) is 12.0 Å². The molecule has 0 radical (unpaired) electrons. The minimum atomic E-state index is 0.274. The summed E-state index contributed by atoms with van der Waals surface area (Å²) in [6.45, 7) is 0. The molecule has 0 saturated heterocycles. The summed E-state index contributed by atoms with van der Waals surface area (Å²) in [4.78, 5) is 0.773. The topological polar surface area (TPSA) is 46.2 Å². The van der Waals surface area contributed by atoms with Crippen molar-refractivity contribution in [2.45, 2.75) is 4.90 Å². The summed E-state index contributed by atoms with van der Waals surface area (Å²) >= 11 is 3.07. The number of thioether (sulfide) groups is 1. The second kappa shape index (κ2) is 3.12. The average Bonchev–Trinajstić information content (AvgIpc) is 2.53. The first-order valence-corrected chi connectivity index (χ1v) is 5.87. The molecule has 0 spiro atoms. The van der Waals surface area contributed by atoms with E-state index in [4.69, 9.17) is 5.73 Å². The summed E-state index contributed by atoms with van der Waals surface area (Å²) in [6.07, 6.45) is 1.91. The molecule has 0 bridgehead atoms. The lowest BCUT2D eigenvalue weighted by Crippen LogP contribution is -1.88. The van der Waals surface area contributed by atoms with E-state index in [1.165, 1.54) is 11.8 Å². The largest absolute Gasteiger partial charge is 0.507 e. The zero-order valence-electron chi connectivity index (χ0n) is 7.07. The molecular formula is C9H9NOS2. The molecule has 4 heteroatoms. The van der Waals surface area contributed by atoms with E-state index in [2.05, 4.69) is 0 Å². The smallest absolute Gasteiger partial charge is 0.131 e. The average molecular weight is 211 g/mol. The highest BCUT2D eigenvalue weighted by Gasteiger charge is 2.09. The zero-order valence-corrected chi connectivity index (χ0v) is 8.71. The fourth-order valence-electron chi connectivity index (χ4n) is 1.32. The van der Waals surface area contributed by atoms with Crippen molar-refractivity contribution < 1.29 is 5.11 Å². The second-order valence-corrected chi connectivity index (χ2v) is 4.41. The lowest BCUT2D eigenvalue weighted by atomic mass is 10.2. The molecule has 0 aliphatic rings. The summed E-state index contributed by atoms with van der Waals surface area (Å²) in [5.41, 5.74) is 6.60. The van der Waals surface area contributed by atoms with Crippen molar-refractivity contribution in [1.82, 2.24) is 0 Å². The number of thiophene rings is 1. The fraction of sp³-hybridized carbons (Fsp3) is 0.111. The van der Waals surface area contributed by atoms with Gasteiger partial charge in [0.15, 0.2) is 0 Å². The van der Waals surface area contributed by atoms with Crippen molar-refractivity contribution in [3.8, 4) is 5.75 Å². The van der Waals surface area contributed by atoms with Crippen molar-refractivity contribution in [3.63, 3.8) is 0 Å². The van der Waals surface area contributed by atoms with Crippen LogP contribution < -0.4 is 5.73 Å². The summed E-state index contributed by atoms with van der Waals surface area (Å²) in [5, 5.41) is 12.6. The molecule has 1 aromatic heterocycles. The quantitative estimate of drug-likeness (QED) is 0.563. The van der Waals surface area contributed by atoms with Crippen LogP contribution in [0.2, 0.25) is 0 Å². The highest BCUT2D eigenvalue weighted by Crippen LogP contribution is 2.40. The van der Waals surface area contributed by atoms with Crippen molar-refractivity contribution >= 4 is 38.9 Å². The van der Waals surface area contributed by atoms with E-state index >= 15 is 0 Å². The molecule has 0 amide bonds. The van der Waals surface area contributed by atoms with Gasteiger partial charge >= 0.3 is 0 Å². The fourth-order valence-corrected chi connectivity index (χ4v) is 2.82. The summed E-state index contributed by atoms with van der Waals surface area (Å²) in [7, 11) is 0. The number of phenols is 1. The van der Waals surface area contributed by atoms with Gasteiger partial charge in [0.1, 0.15) is 5.75 Å². The Morgan fingerprint density at radius 1 is 1.54 bits per heavy atom. The Bertz CT molecular complexity index is 450. The van der Waals surface area contributed by atoms with E-state index in [1.54, 1.807) is 17.4 Å². The standard InChI is InChI=1S/C9H9NOS2/c1-12-9-6(11)4-5-2-3-13-8(5)7(9)10/h2-4,11H,10H2,1H3. The lowest BCUT2D eigenvalue weighted by molar-refractivity contribution is 0.464. The van der Waals surface area contributed by atoms with Gasteiger partial charge in [-0.3, -0.25) is 0 Å². The minimum Gasteiger partial charge on any atom is -0.507 e. The number of benzene rings is 1. The van der Waals surface area contributed by atoms with Gasteiger partial charge in [-0.05, 0) is 29.2 Å². The molecule has 68 valence electrons. The minimum absolute atomic E-state index is 0.274. The van der Waals surface area contributed by atoms with Gasteiger partial charge in [0, 0.05) is 0 Å². The summed E-state index contributed by atoms with van der Waals surface area (Å²) in [5.74, 6) is 0.274. The first kappa shape index (κ1) is 8.72. The van der Waals surface area contributed by atoms with E-state index in [0.29, 0.717) is 5.69 Å². The maximum Gasteiger partial charge on any atom is 0.131 e. The lowest BCUT2D eigenvalue weighted by Gasteiger charge is -2.05. The van der Waals surface area contributed by atoms with Crippen molar-refractivity contribution in [3.05, 3.63) is 17.5 Å². The molecule has 13 heavy (non-hydrogen) atoms. The molecule has 0 saturated carbocycles. The SMILES string of the molecule is CSc1c(O)cc2ccsc2c1N. The molecular weight excluding hydrogens is 202 g/mol. The number of phenolic OH excluding ortho intramolecular Hbond substituents is 1. The monoisotopic (exact) mass is 211 g/mol. The van der Waals surface area contributed by atoms with Gasteiger partial charge in [-0.15, -0.1) is 23.1 Å². The van der Waals surface area contributed by atoms with E-state index in [0.717, 1.165) is 15.0 Å². The third-order valence-electron chi connectivity index (χ3n) is 1.91. The number of aromatic hydroxyl groups is 1. The van der Waals surface area contributed by atoms with Crippen LogP contribution in [0.5, 0.6) is 5.75 Å². The first-order chi connectivity index (χ1) is 6.24. The maximum absolute atomic E-state index is 9.61. The Labute approximate surface area is 84.4 Å². The number of nitrogens with two attached hydrogens (primary N) is 1. The normalized spacial score (nSPS) is 10.8. The predicted octanol–water partition coefficient (Wildman–Crippen LogP) is 2.91. The van der Waals surface area contributed by atoms with Crippen LogP contribution in [0.25, 0.3) is 10.1 Å². The van der Waals surface area contributed by atoms with E-state index in [1.807, 2.05) is 17.7 Å². The Morgan fingerprint density at radius 2 is 2.31 bits per heavy atom. The molecule has 0 aliphatic carbocycles. The van der Waals surface area contributed by atoms with Crippen LogP contribution >= 0.6 is 23.1 Å². The van der Waals surface area contributed by atoms with Crippen molar-refractivity contribution in [1.29, 1.82) is 0 Å². The van der Waals surface area contributed by atoms with Crippen LogP contribution in [-0.2, 0) is 0 Å². The van der Waals surface area contributed by atoms with Crippen molar-refractivity contribution in [2.24, 2.45) is 0 Å². The molecule has 0 fully saturated rings. The van der Waals surface area contributed by atoms with E-state index in [-0.39, 0.29) is 5.75 Å². The van der Waals surface area contributed by atoms with Crippen LogP contribution in [0.15, 0.2) is 22.4 Å². The van der Waals surface area contributed by atoms with E-state index in [9.17, 15) is 5.11 Å². The van der Waals surface area contributed by atoms with Gasteiger partial charge in [0.25, 0.3) is 0 Å². The number of anilines is 1. The molecule has 1 aromatic carbocycles. The molecule has 1 heterocycles.